The van der Waals surface area contributed by atoms with Gasteiger partial charge in [-0.3, -0.25) is 10.1 Å². The van der Waals surface area contributed by atoms with Gasteiger partial charge in [0.05, 0.1) is 18.1 Å². The molecule has 1 aromatic carbocycles. The molecule has 0 bridgehead atoms. The summed E-state index contributed by atoms with van der Waals surface area (Å²) >= 11 is 0. The molecule has 0 aromatic heterocycles. The molecule has 0 heterocycles. The molecule has 0 amide bonds. The van der Waals surface area contributed by atoms with Crippen LogP contribution in [0.15, 0.2) is 18.2 Å². The van der Waals surface area contributed by atoms with E-state index in [1.165, 1.54) is 19.2 Å². The molecule has 0 unspecified atom stereocenters. The lowest BCUT2D eigenvalue weighted by Crippen LogP contribution is -2.18. The monoisotopic (exact) mass is 210 g/mol. The number of nitro benzene ring substituents is 1. The molecule has 1 atom stereocenters. The lowest BCUT2D eigenvalue weighted by molar-refractivity contribution is -0.384. The summed E-state index contributed by atoms with van der Waals surface area (Å²) in [6.07, 6.45) is 0.640. The van der Waals surface area contributed by atoms with E-state index in [1.54, 1.807) is 6.07 Å². The number of nitro groups is 1. The third-order valence-electron chi connectivity index (χ3n) is 2.02. The average molecular weight is 210 g/mol. The van der Waals surface area contributed by atoms with Crippen LogP contribution in [0.3, 0.4) is 0 Å². The Morgan fingerprint density at radius 1 is 1.60 bits per heavy atom. The van der Waals surface area contributed by atoms with E-state index in [2.05, 4.69) is 0 Å². The average Bonchev–Trinajstić information content (AvgIpc) is 2.17. The number of non-ortho nitro benzene ring substituents is 1. The van der Waals surface area contributed by atoms with Gasteiger partial charge in [0.1, 0.15) is 5.75 Å². The van der Waals surface area contributed by atoms with E-state index in [0.29, 0.717) is 12.2 Å². The molecule has 5 nitrogen and oxygen atoms in total. The van der Waals surface area contributed by atoms with Crippen molar-refractivity contribution >= 4 is 5.69 Å². The summed E-state index contributed by atoms with van der Waals surface area (Å²) in [7, 11) is 1.49. The molecule has 15 heavy (non-hydrogen) atoms. The maximum Gasteiger partial charge on any atom is 0.273 e. The van der Waals surface area contributed by atoms with E-state index in [9.17, 15) is 10.1 Å². The number of methoxy groups -OCH3 is 1. The minimum absolute atomic E-state index is 0.000330. The summed E-state index contributed by atoms with van der Waals surface area (Å²) in [5, 5.41) is 10.5. The van der Waals surface area contributed by atoms with Gasteiger partial charge in [-0.05, 0) is 25.0 Å². The van der Waals surface area contributed by atoms with Crippen LogP contribution in [0.4, 0.5) is 5.69 Å². The van der Waals surface area contributed by atoms with Crippen LogP contribution in [0.1, 0.15) is 12.5 Å². The lowest BCUT2D eigenvalue weighted by Gasteiger charge is -2.09. The Kier molecular flexibility index (Phi) is 3.62. The SMILES string of the molecule is COc1cc([N+](=O)[O-])ccc1C[C@@H](C)N. The second-order valence-electron chi connectivity index (χ2n) is 3.43. The smallest absolute Gasteiger partial charge is 0.273 e. The van der Waals surface area contributed by atoms with Gasteiger partial charge in [0.15, 0.2) is 0 Å². The van der Waals surface area contributed by atoms with Gasteiger partial charge >= 0.3 is 0 Å². The molecular weight excluding hydrogens is 196 g/mol. The Morgan fingerprint density at radius 3 is 2.73 bits per heavy atom. The number of benzene rings is 1. The molecule has 0 saturated heterocycles. The lowest BCUT2D eigenvalue weighted by atomic mass is 10.1. The predicted molar refractivity (Wildman–Crippen MR) is 57.0 cm³/mol. The Labute approximate surface area is 88.0 Å². The minimum atomic E-state index is -0.446. The maximum absolute atomic E-state index is 10.5. The largest absolute Gasteiger partial charge is 0.496 e. The van der Waals surface area contributed by atoms with Gasteiger partial charge in [-0.1, -0.05) is 0 Å². The van der Waals surface area contributed by atoms with Crippen molar-refractivity contribution in [2.45, 2.75) is 19.4 Å². The normalized spacial score (nSPS) is 12.2. The summed E-state index contributed by atoms with van der Waals surface area (Å²) in [6.45, 7) is 1.88. The second-order valence-corrected chi connectivity index (χ2v) is 3.43. The number of nitrogens with zero attached hydrogens (tertiary/aromatic N) is 1. The minimum Gasteiger partial charge on any atom is -0.496 e. The summed E-state index contributed by atoms with van der Waals surface area (Å²) in [4.78, 5) is 10.1. The molecule has 0 spiro atoms. The highest BCUT2D eigenvalue weighted by Crippen LogP contribution is 2.25. The number of rotatable bonds is 4. The van der Waals surface area contributed by atoms with E-state index in [0.717, 1.165) is 5.56 Å². The van der Waals surface area contributed by atoms with Crippen LogP contribution < -0.4 is 10.5 Å². The fraction of sp³-hybridized carbons (Fsp3) is 0.400. The van der Waals surface area contributed by atoms with Crippen molar-refractivity contribution < 1.29 is 9.66 Å². The zero-order chi connectivity index (χ0) is 11.4. The van der Waals surface area contributed by atoms with E-state index in [1.807, 2.05) is 6.92 Å². The van der Waals surface area contributed by atoms with Gasteiger partial charge in [-0.2, -0.15) is 0 Å². The van der Waals surface area contributed by atoms with Gasteiger partial charge in [0, 0.05) is 12.1 Å². The van der Waals surface area contributed by atoms with Gasteiger partial charge in [0.25, 0.3) is 5.69 Å². The predicted octanol–water partition coefficient (Wildman–Crippen LogP) is 1.49. The van der Waals surface area contributed by atoms with E-state index < -0.39 is 4.92 Å². The fourth-order valence-corrected chi connectivity index (χ4v) is 1.36. The summed E-state index contributed by atoms with van der Waals surface area (Å²) in [5.74, 6) is 0.515. The molecule has 82 valence electrons. The maximum atomic E-state index is 10.5. The number of ether oxygens (including phenoxy) is 1. The van der Waals surface area contributed by atoms with Crippen LogP contribution in [-0.4, -0.2) is 18.1 Å². The zero-order valence-electron chi connectivity index (χ0n) is 8.77. The number of hydrogen-bond acceptors (Lipinski definition) is 4. The molecule has 5 heteroatoms. The Morgan fingerprint density at radius 2 is 2.27 bits per heavy atom. The van der Waals surface area contributed by atoms with Crippen molar-refractivity contribution in [3.8, 4) is 5.75 Å². The van der Waals surface area contributed by atoms with Gasteiger partial charge in [0.2, 0.25) is 0 Å². The Bertz CT molecular complexity index is 364. The van der Waals surface area contributed by atoms with Crippen molar-refractivity contribution in [2.24, 2.45) is 5.73 Å². The molecule has 2 N–H and O–H groups in total. The van der Waals surface area contributed by atoms with Crippen LogP contribution in [0.25, 0.3) is 0 Å². The summed E-state index contributed by atoms with van der Waals surface area (Å²) in [5.41, 5.74) is 6.57. The van der Waals surface area contributed by atoms with Crippen molar-refractivity contribution in [3.63, 3.8) is 0 Å². The highest BCUT2D eigenvalue weighted by atomic mass is 16.6. The number of nitrogens with two attached hydrogens (primary N) is 1. The van der Waals surface area contributed by atoms with Crippen LogP contribution in [-0.2, 0) is 6.42 Å². The van der Waals surface area contributed by atoms with Crippen molar-refractivity contribution in [3.05, 3.63) is 33.9 Å². The Hall–Kier alpha value is -1.62. The van der Waals surface area contributed by atoms with Crippen LogP contribution in [0, 0.1) is 10.1 Å². The first-order valence-corrected chi connectivity index (χ1v) is 4.61. The second kappa shape index (κ2) is 4.75. The van der Waals surface area contributed by atoms with Crippen LogP contribution in [0.2, 0.25) is 0 Å². The van der Waals surface area contributed by atoms with E-state index >= 15 is 0 Å². The first-order valence-electron chi connectivity index (χ1n) is 4.61. The first kappa shape index (κ1) is 11.5. The van der Waals surface area contributed by atoms with Crippen LogP contribution in [0.5, 0.6) is 5.75 Å². The molecule has 0 saturated carbocycles. The van der Waals surface area contributed by atoms with Crippen molar-refractivity contribution in [1.29, 1.82) is 0 Å². The topological polar surface area (TPSA) is 78.4 Å². The van der Waals surface area contributed by atoms with Crippen molar-refractivity contribution in [1.82, 2.24) is 0 Å². The third-order valence-corrected chi connectivity index (χ3v) is 2.02. The van der Waals surface area contributed by atoms with Gasteiger partial charge < -0.3 is 10.5 Å². The third kappa shape index (κ3) is 2.92. The standard InChI is InChI=1S/C10H14N2O3/c1-7(11)5-8-3-4-9(12(13)14)6-10(8)15-2/h3-4,6-7H,5,11H2,1-2H3/t7-/m1/s1. The quantitative estimate of drug-likeness (QED) is 0.603. The van der Waals surface area contributed by atoms with E-state index in [4.69, 9.17) is 10.5 Å². The molecule has 0 radical (unpaired) electrons. The molecule has 0 aliphatic heterocycles. The molecule has 0 aliphatic rings. The highest BCUT2D eigenvalue weighted by Gasteiger charge is 2.11. The zero-order valence-corrected chi connectivity index (χ0v) is 8.77. The molecule has 1 aromatic rings. The summed E-state index contributed by atoms with van der Waals surface area (Å²) < 4.78 is 5.08. The molecule has 0 fully saturated rings. The molecule has 1 rings (SSSR count). The fourth-order valence-electron chi connectivity index (χ4n) is 1.36. The highest BCUT2D eigenvalue weighted by molar-refractivity contribution is 5.44. The van der Waals surface area contributed by atoms with Crippen molar-refractivity contribution in [2.75, 3.05) is 7.11 Å². The van der Waals surface area contributed by atoms with Gasteiger partial charge in [-0.15, -0.1) is 0 Å². The Balaban J connectivity index is 3.03. The van der Waals surface area contributed by atoms with Crippen LogP contribution >= 0.6 is 0 Å². The molecular formula is C10H14N2O3. The molecule has 0 aliphatic carbocycles. The van der Waals surface area contributed by atoms with Gasteiger partial charge in [-0.25, -0.2) is 0 Å². The first-order chi connectivity index (χ1) is 7.04. The summed E-state index contributed by atoms with van der Waals surface area (Å²) in [6, 6.07) is 4.55. The number of hydrogen-bond donors (Lipinski definition) is 1. The van der Waals surface area contributed by atoms with E-state index in [-0.39, 0.29) is 11.7 Å².